The highest BCUT2D eigenvalue weighted by molar-refractivity contribution is 6.29. The van der Waals surface area contributed by atoms with Crippen molar-refractivity contribution >= 4 is 46.5 Å². The fourth-order valence-electron chi connectivity index (χ4n) is 4.34. The van der Waals surface area contributed by atoms with E-state index >= 15 is 0 Å². The molecule has 204 valence electrons. The van der Waals surface area contributed by atoms with Crippen LogP contribution in [0.4, 0.5) is 11.6 Å². The monoisotopic (exact) mass is 544 g/mol. The number of hydrogen-bond donors (Lipinski definition) is 2. The maximum atomic E-state index is 13.2. The van der Waals surface area contributed by atoms with Gasteiger partial charge in [0.15, 0.2) is 5.69 Å². The summed E-state index contributed by atoms with van der Waals surface area (Å²) in [5.41, 5.74) is 2.46. The third kappa shape index (κ3) is 6.40. The zero-order valence-electron chi connectivity index (χ0n) is 22.4. The number of halogens is 1. The van der Waals surface area contributed by atoms with Crippen molar-refractivity contribution in [3.63, 3.8) is 0 Å². The van der Waals surface area contributed by atoms with Crippen molar-refractivity contribution in [3.05, 3.63) is 56.6 Å². The Kier molecular flexibility index (Phi) is 9.29. The maximum absolute atomic E-state index is 13.2. The van der Waals surface area contributed by atoms with Crippen LogP contribution < -0.4 is 15.8 Å². The predicted molar refractivity (Wildman–Crippen MR) is 147 cm³/mol. The quantitative estimate of drug-likeness (QED) is 0.260. The van der Waals surface area contributed by atoms with Gasteiger partial charge in [-0.3, -0.25) is 19.0 Å². The highest BCUT2D eigenvalue weighted by Crippen LogP contribution is 2.30. The minimum atomic E-state index is -1.17. The molecule has 0 aliphatic carbocycles. The molecule has 0 radical (unpaired) electrons. The van der Waals surface area contributed by atoms with Crippen LogP contribution in [0.15, 0.2) is 29.1 Å². The topological polar surface area (TPSA) is 130 Å². The van der Waals surface area contributed by atoms with Crippen LogP contribution >= 0.6 is 11.6 Å². The summed E-state index contributed by atoms with van der Waals surface area (Å²) in [6, 6.07) is 6.63. The number of nitrogens with one attached hydrogen (secondary N) is 1. The molecule has 1 aliphatic rings. The summed E-state index contributed by atoms with van der Waals surface area (Å²) < 4.78 is 1.62. The second kappa shape index (κ2) is 12.2. The molecule has 0 spiro atoms. The lowest BCUT2D eigenvalue weighted by Crippen LogP contribution is -2.30. The molecule has 1 saturated heterocycles. The third-order valence-corrected chi connectivity index (χ3v) is 6.59. The summed E-state index contributed by atoms with van der Waals surface area (Å²) in [5, 5.41) is 14.5. The van der Waals surface area contributed by atoms with Gasteiger partial charge in [-0.1, -0.05) is 24.6 Å². The van der Waals surface area contributed by atoms with Crippen LogP contribution in [0.5, 0.6) is 0 Å². The largest absolute Gasteiger partial charge is 0.476 e. The van der Waals surface area contributed by atoms with Gasteiger partial charge >= 0.3 is 5.97 Å². The van der Waals surface area contributed by atoms with Crippen LogP contribution in [0.3, 0.4) is 0 Å². The minimum Gasteiger partial charge on any atom is -0.476 e. The van der Waals surface area contributed by atoms with Gasteiger partial charge in [0, 0.05) is 32.7 Å². The van der Waals surface area contributed by atoms with Crippen LogP contribution in [-0.2, 0) is 16.7 Å². The Labute approximate surface area is 226 Å². The molecule has 2 atom stereocenters. The average molecular weight is 545 g/mol. The van der Waals surface area contributed by atoms with Gasteiger partial charge in [0.05, 0.1) is 29.7 Å². The lowest BCUT2D eigenvalue weighted by Gasteiger charge is -2.23. The van der Waals surface area contributed by atoms with Gasteiger partial charge in [0.25, 0.3) is 5.56 Å². The Morgan fingerprint density at radius 2 is 2.05 bits per heavy atom. The molecule has 3 aromatic rings. The van der Waals surface area contributed by atoms with E-state index in [1.165, 1.54) is 20.2 Å². The molecule has 12 heteroatoms. The molecule has 1 amide bonds. The molecule has 11 nitrogen and oxygen atoms in total. The first-order valence-electron chi connectivity index (χ1n) is 12.1. The number of aromatic carboxylic acids is 1. The van der Waals surface area contributed by atoms with Crippen molar-refractivity contribution in [2.75, 3.05) is 37.5 Å². The van der Waals surface area contributed by atoms with Crippen molar-refractivity contribution in [1.82, 2.24) is 19.6 Å². The summed E-state index contributed by atoms with van der Waals surface area (Å²) in [6.07, 6.45) is 1.65. The molecular formula is C26H33ClN6O5. The smallest absolute Gasteiger partial charge is 0.356 e. The third-order valence-electron chi connectivity index (χ3n) is 6.38. The minimum absolute atomic E-state index is 0.0962. The van der Waals surface area contributed by atoms with Crippen LogP contribution in [-0.4, -0.2) is 64.3 Å². The van der Waals surface area contributed by atoms with Gasteiger partial charge < -0.3 is 15.3 Å². The van der Waals surface area contributed by atoms with Gasteiger partial charge in [-0.2, -0.15) is 0 Å². The number of carboxylic acids is 1. The second-order valence-electron chi connectivity index (χ2n) is 9.40. The number of fused-ring (bicyclic) bond motifs is 1. The summed E-state index contributed by atoms with van der Waals surface area (Å²) in [4.78, 5) is 49.8. The van der Waals surface area contributed by atoms with Crippen molar-refractivity contribution in [2.24, 2.45) is 13.0 Å². The number of carbonyl (C=O) groups excluding carboxylic acids is 1. The molecule has 2 unspecified atom stereocenters. The number of hydroxylamine groups is 2. The molecule has 0 bridgehead atoms. The lowest BCUT2D eigenvalue weighted by atomic mass is 10.0. The first kappa shape index (κ1) is 28.9. The lowest BCUT2D eigenvalue weighted by molar-refractivity contribution is -0.153. The van der Waals surface area contributed by atoms with Crippen LogP contribution in [0.2, 0.25) is 5.15 Å². The average Bonchev–Trinajstić information content (AvgIpc) is 3.32. The molecule has 4 rings (SSSR count). The molecule has 1 aromatic carbocycles. The molecule has 2 N–H and O–H groups in total. The zero-order chi connectivity index (χ0) is 28.1. The van der Waals surface area contributed by atoms with Gasteiger partial charge in [-0.05, 0) is 49.9 Å². The molecule has 1 aliphatic heterocycles. The Bertz CT molecular complexity index is 1390. The summed E-state index contributed by atoms with van der Waals surface area (Å²) in [5.74, 6) is 0.0322. The van der Waals surface area contributed by atoms with Gasteiger partial charge in [-0.15, -0.1) is 0 Å². The first-order valence-corrected chi connectivity index (χ1v) is 12.5. The van der Waals surface area contributed by atoms with Crippen LogP contribution in [0, 0.1) is 12.8 Å². The van der Waals surface area contributed by atoms with Crippen LogP contribution in [0.1, 0.15) is 47.9 Å². The number of rotatable bonds is 7. The van der Waals surface area contributed by atoms with E-state index in [1.54, 1.807) is 17.7 Å². The van der Waals surface area contributed by atoms with Gasteiger partial charge in [-0.25, -0.2) is 19.8 Å². The number of amides is 1. The molecule has 3 heterocycles. The van der Waals surface area contributed by atoms with E-state index in [2.05, 4.69) is 27.0 Å². The fraction of sp³-hybridized carbons (Fsp3) is 0.423. The fourth-order valence-corrected chi connectivity index (χ4v) is 4.49. The van der Waals surface area contributed by atoms with E-state index in [0.29, 0.717) is 34.9 Å². The number of aryl methyl sites for hydroxylation is 1. The van der Waals surface area contributed by atoms with E-state index in [-0.39, 0.29) is 22.4 Å². The maximum Gasteiger partial charge on any atom is 0.356 e. The molecule has 1 fully saturated rings. The van der Waals surface area contributed by atoms with Crippen molar-refractivity contribution < 1.29 is 19.5 Å². The Morgan fingerprint density at radius 3 is 2.61 bits per heavy atom. The Morgan fingerprint density at radius 1 is 1.34 bits per heavy atom. The number of benzene rings is 1. The standard InChI is InChI=1S/C23H26ClN5O3.C3H7NO2/c1-12-7-8-29(11-12)23-27-19-15(9-13(2)10-16(19)21(30)28(23)4)14(3)25-17-5-6-18(24)26-20(17)22(31)32;1-4(3-5)6-2/h5-6,9-10,12,14,25H,7-8,11H2,1-4H3,(H,31,32);3H,1-2H3. The number of anilines is 2. The Hall–Kier alpha value is -3.70. The highest BCUT2D eigenvalue weighted by atomic mass is 35.5. The van der Waals surface area contributed by atoms with E-state index in [9.17, 15) is 19.5 Å². The summed E-state index contributed by atoms with van der Waals surface area (Å²) >= 11 is 5.88. The van der Waals surface area contributed by atoms with E-state index in [1.807, 2.05) is 26.0 Å². The van der Waals surface area contributed by atoms with Crippen molar-refractivity contribution in [2.45, 2.75) is 33.2 Å². The van der Waals surface area contributed by atoms with Gasteiger partial charge in [0.2, 0.25) is 12.4 Å². The summed E-state index contributed by atoms with van der Waals surface area (Å²) in [6.45, 7) is 7.75. The highest BCUT2D eigenvalue weighted by Gasteiger charge is 2.25. The second-order valence-corrected chi connectivity index (χ2v) is 9.79. The number of nitrogens with zero attached hydrogens (tertiary/aromatic N) is 5. The zero-order valence-corrected chi connectivity index (χ0v) is 23.1. The van der Waals surface area contributed by atoms with Crippen LogP contribution in [0.25, 0.3) is 10.9 Å². The molecule has 0 saturated carbocycles. The Balaban J connectivity index is 0.000000599. The SMILES string of the molecule is CON(C)C=O.Cc1cc(C(C)Nc2ccc(Cl)nc2C(=O)O)c2nc(N3CCC(C)C3)n(C)c(=O)c2c1. The van der Waals surface area contributed by atoms with Crippen molar-refractivity contribution in [1.29, 1.82) is 0 Å². The van der Waals surface area contributed by atoms with Crippen molar-refractivity contribution in [3.8, 4) is 0 Å². The van der Waals surface area contributed by atoms with E-state index in [4.69, 9.17) is 16.6 Å². The normalized spacial score (nSPS) is 15.6. The number of hydrogen-bond acceptors (Lipinski definition) is 8. The number of aromatic nitrogens is 3. The predicted octanol–water partition coefficient (Wildman–Crippen LogP) is 3.64. The molecular weight excluding hydrogens is 512 g/mol. The van der Waals surface area contributed by atoms with E-state index < -0.39 is 5.97 Å². The molecule has 38 heavy (non-hydrogen) atoms. The van der Waals surface area contributed by atoms with E-state index in [0.717, 1.165) is 35.7 Å². The summed E-state index contributed by atoms with van der Waals surface area (Å²) in [7, 11) is 4.71. The number of carbonyl (C=O) groups is 2. The number of pyridine rings is 1. The molecule has 2 aromatic heterocycles. The first-order chi connectivity index (χ1) is 18.0. The van der Waals surface area contributed by atoms with Gasteiger partial charge in [0.1, 0.15) is 5.15 Å². The number of carboxylic acid groups (broad SMARTS) is 1.